The molecular weight excluding hydrogens is 284 g/mol. The van der Waals surface area contributed by atoms with Crippen molar-refractivity contribution < 1.29 is 0 Å². The number of benzene rings is 1. The smallest absolute Gasteiger partial charge is 0.265 e. The second-order valence-corrected chi connectivity index (χ2v) is 5.37. The quantitative estimate of drug-likeness (QED) is 0.449. The molecule has 0 aliphatic carbocycles. The monoisotopic (exact) mass is 294 g/mol. The molecule has 4 aromatic rings. The summed E-state index contributed by atoms with van der Waals surface area (Å²) < 4.78 is 0. The van der Waals surface area contributed by atoms with Gasteiger partial charge in [0.05, 0.1) is 6.21 Å². The Bertz CT molecular complexity index is 925. The molecule has 1 aromatic carbocycles. The number of hydrogen-bond donors (Lipinski definition) is 2. The van der Waals surface area contributed by atoms with E-state index in [4.69, 9.17) is 0 Å². The Morgan fingerprint density at radius 2 is 2.10 bits per heavy atom. The zero-order chi connectivity index (χ0) is 14.1. The van der Waals surface area contributed by atoms with Crippen LogP contribution >= 0.6 is 11.3 Å². The maximum absolute atomic E-state index is 4.38. The fourth-order valence-corrected chi connectivity index (χ4v) is 2.67. The number of nitrogens with zero attached hydrogens (tertiary/aromatic N) is 4. The minimum absolute atomic E-state index is 0.363. The van der Waals surface area contributed by atoms with Crippen molar-refractivity contribution in [2.24, 2.45) is 5.10 Å². The van der Waals surface area contributed by atoms with Crippen molar-refractivity contribution in [2.45, 2.75) is 0 Å². The summed E-state index contributed by atoms with van der Waals surface area (Å²) in [5.41, 5.74) is 5.24. The Morgan fingerprint density at radius 3 is 3.00 bits per heavy atom. The Kier molecular flexibility index (Phi) is 2.82. The summed E-state index contributed by atoms with van der Waals surface area (Å²) in [6, 6.07) is 11.9. The average Bonchev–Trinajstić information content (AvgIpc) is 3.13. The minimum Gasteiger partial charge on any atom is -0.338 e. The lowest BCUT2D eigenvalue weighted by atomic mass is 10.2. The first kappa shape index (κ1) is 12.0. The molecule has 0 unspecified atom stereocenters. The average molecular weight is 294 g/mol. The van der Waals surface area contributed by atoms with Crippen molar-refractivity contribution in [1.82, 2.24) is 20.2 Å². The van der Waals surface area contributed by atoms with E-state index in [1.165, 1.54) is 0 Å². The van der Waals surface area contributed by atoms with E-state index in [9.17, 15) is 0 Å². The van der Waals surface area contributed by atoms with Crippen LogP contribution in [0.4, 0.5) is 5.95 Å². The molecular formula is C14H10N6S. The number of para-hydroxylation sites is 1. The van der Waals surface area contributed by atoms with Crippen LogP contribution in [0.3, 0.4) is 0 Å². The van der Waals surface area contributed by atoms with Crippen LogP contribution in [-0.4, -0.2) is 26.4 Å². The number of anilines is 1. The van der Waals surface area contributed by atoms with Crippen LogP contribution in [0, 0.1) is 0 Å². The van der Waals surface area contributed by atoms with Crippen molar-refractivity contribution in [2.75, 3.05) is 5.43 Å². The predicted octanol–water partition coefficient (Wildman–Crippen LogP) is 3.01. The highest BCUT2D eigenvalue weighted by Crippen LogP contribution is 2.21. The van der Waals surface area contributed by atoms with Gasteiger partial charge >= 0.3 is 0 Å². The number of fused-ring (bicyclic) bond motifs is 3. The van der Waals surface area contributed by atoms with Crippen molar-refractivity contribution in [3.63, 3.8) is 0 Å². The molecule has 2 N–H and O–H groups in total. The molecule has 0 radical (unpaired) electrons. The first-order valence-electron chi connectivity index (χ1n) is 6.34. The zero-order valence-electron chi connectivity index (χ0n) is 10.8. The Labute approximate surface area is 123 Å². The van der Waals surface area contributed by atoms with Crippen molar-refractivity contribution in [3.05, 3.63) is 46.7 Å². The molecule has 21 heavy (non-hydrogen) atoms. The summed E-state index contributed by atoms with van der Waals surface area (Å²) in [6.45, 7) is 0. The predicted molar refractivity (Wildman–Crippen MR) is 84.7 cm³/mol. The highest BCUT2D eigenvalue weighted by atomic mass is 32.1. The van der Waals surface area contributed by atoms with Gasteiger partial charge in [0.2, 0.25) is 0 Å². The molecule has 0 atom stereocenters. The van der Waals surface area contributed by atoms with Crippen LogP contribution in [0.15, 0.2) is 46.9 Å². The number of thiophene rings is 1. The summed E-state index contributed by atoms with van der Waals surface area (Å²) in [5.74, 6) is 0.363. The third-order valence-corrected chi connectivity index (χ3v) is 3.83. The second-order valence-electron chi connectivity index (χ2n) is 4.39. The van der Waals surface area contributed by atoms with Gasteiger partial charge in [-0.3, -0.25) is 0 Å². The molecule has 0 aliphatic rings. The molecule has 6 nitrogen and oxygen atoms in total. The van der Waals surface area contributed by atoms with E-state index in [-0.39, 0.29) is 0 Å². The van der Waals surface area contributed by atoms with Gasteiger partial charge in [0.1, 0.15) is 5.52 Å². The maximum atomic E-state index is 4.38. The lowest BCUT2D eigenvalue weighted by Gasteiger charge is -1.96. The highest BCUT2D eigenvalue weighted by Gasteiger charge is 2.07. The minimum atomic E-state index is 0.363. The fraction of sp³-hybridized carbons (Fsp3) is 0. The lowest BCUT2D eigenvalue weighted by molar-refractivity contribution is 1.01. The normalized spacial score (nSPS) is 11.6. The molecule has 0 saturated carbocycles. The van der Waals surface area contributed by atoms with Gasteiger partial charge < -0.3 is 4.98 Å². The third kappa shape index (κ3) is 2.23. The van der Waals surface area contributed by atoms with Crippen LogP contribution in [0.2, 0.25) is 0 Å². The van der Waals surface area contributed by atoms with Gasteiger partial charge in [-0.2, -0.15) is 10.1 Å². The molecule has 0 spiro atoms. The lowest BCUT2D eigenvalue weighted by Crippen LogP contribution is -1.98. The molecule has 3 aromatic heterocycles. The number of nitrogens with one attached hydrogen (secondary N) is 2. The molecule has 3 heterocycles. The van der Waals surface area contributed by atoms with Gasteiger partial charge in [-0.05, 0) is 17.5 Å². The second kappa shape index (κ2) is 4.95. The van der Waals surface area contributed by atoms with E-state index in [1.54, 1.807) is 17.6 Å². The van der Waals surface area contributed by atoms with E-state index in [2.05, 4.69) is 30.7 Å². The van der Waals surface area contributed by atoms with Gasteiger partial charge in [-0.1, -0.05) is 24.3 Å². The third-order valence-electron chi connectivity index (χ3n) is 3.02. The number of H-pyrrole nitrogens is 1. The van der Waals surface area contributed by atoms with E-state index in [0.717, 1.165) is 21.3 Å². The number of hydrazone groups is 1. The van der Waals surface area contributed by atoms with Gasteiger partial charge in [-0.25, -0.2) is 5.43 Å². The van der Waals surface area contributed by atoms with E-state index in [1.807, 2.05) is 41.8 Å². The first-order chi connectivity index (χ1) is 10.4. The molecule has 0 amide bonds. The summed E-state index contributed by atoms with van der Waals surface area (Å²) in [4.78, 5) is 8.66. The van der Waals surface area contributed by atoms with Crippen LogP contribution in [0.5, 0.6) is 0 Å². The van der Waals surface area contributed by atoms with E-state index < -0.39 is 0 Å². The van der Waals surface area contributed by atoms with Crippen LogP contribution < -0.4 is 5.43 Å². The SMILES string of the molecule is C(=NNc1nnc2c(n1)[nH]c1ccccc12)c1cccs1. The fourth-order valence-electron chi connectivity index (χ4n) is 2.09. The summed E-state index contributed by atoms with van der Waals surface area (Å²) in [7, 11) is 0. The van der Waals surface area contributed by atoms with Gasteiger partial charge in [0, 0.05) is 15.8 Å². The van der Waals surface area contributed by atoms with Crippen molar-refractivity contribution in [1.29, 1.82) is 0 Å². The van der Waals surface area contributed by atoms with Gasteiger partial charge in [-0.15, -0.1) is 21.5 Å². The summed E-state index contributed by atoms with van der Waals surface area (Å²) >= 11 is 1.61. The molecule has 7 heteroatoms. The van der Waals surface area contributed by atoms with E-state index >= 15 is 0 Å². The number of aromatic nitrogens is 4. The summed E-state index contributed by atoms with van der Waals surface area (Å²) in [6.07, 6.45) is 1.73. The van der Waals surface area contributed by atoms with Gasteiger partial charge in [0.15, 0.2) is 5.65 Å². The maximum Gasteiger partial charge on any atom is 0.265 e. The topological polar surface area (TPSA) is 78.8 Å². The number of hydrogen-bond acceptors (Lipinski definition) is 6. The zero-order valence-corrected chi connectivity index (χ0v) is 11.6. The molecule has 4 rings (SSSR count). The molecule has 0 bridgehead atoms. The molecule has 0 fully saturated rings. The summed E-state index contributed by atoms with van der Waals surface area (Å²) in [5, 5.41) is 15.4. The van der Waals surface area contributed by atoms with Gasteiger partial charge in [0.25, 0.3) is 5.95 Å². The Balaban J connectivity index is 1.66. The van der Waals surface area contributed by atoms with Crippen LogP contribution in [-0.2, 0) is 0 Å². The number of rotatable bonds is 3. The van der Waals surface area contributed by atoms with Crippen LogP contribution in [0.1, 0.15) is 4.88 Å². The first-order valence-corrected chi connectivity index (χ1v) is 7.22. The number of aromatic amines is 1. The van der Waals surface area contributed by atoms with Crippen molar-refractivity contribution >= 4 is 45.6 Å². The van der Waals surface area contributed by atoms with E-state index in [0.29, 0.717) is 11.6 Å². The molecule has 0 saturated heterocycles. The highest BCUT2D eigenvalue weighted by molar-refractivity contribution is 7.11. The Morgan fingerprint density at radius 1 is 1.14 bits per heavy atom. The molecule has 0 aliphatic heterocycles. The Hall–Kier alpha value is -2.80. The van der Waals surface area contributed by atoms with Crippen LogP contribution in [0.25, 0.3) is 22.1 Å². The van der Waals surface area contributed by atoms with Crippen molar-refractivity contribution in [3.8, 4) is 0 Å². The standard InChI is InChI=1S/C14H10N6S/c1-2-6-11-10(5-1)12-13(16-11)17-14(20-18-12)19-15-8-9-4-3-7-21-9/h1-8H,(H2,16,17,19,20). The largest absolute Gasteiger partial charge is 0.338 e. The molecule has 102 valence electrons.